The summed E-state index contributed by atoms with van der Waals surface area (Å²) in [6.07, 6.45) is 4.21. The Hall–Kier alpha value is -1.69. The predicted molar refractivity (Wildman–Crippen MR) is 59.7 cm³/mol. The van der Waals surface area contributed by atoms with Crippen LogP contribution in [0.2, 0.25) is 0 Å². The molecule has 1 aromatic heterocycles. The highest BCUT2D eigenvalue weighted by Gasteiger charge is 2.23. The summed E-state index contributed by atoms with van der Waals surface area (Å²) in [5, 5.41) is 3.30. The molecule has 2 rings (SSSR count). The van der Waals surface area contributed by atoms with Crippen LogP contribution in [0.5, 0.6) is 0 Å². The van der Waals surface area contributed by atoms with Crippen molar-refractivity contribution in [2.45, 2.75) is 12.5 Å². The lowest BCUT2D eigenvalue weighted by Gasteiger charge is -2.15. The van der Waals surface area contributed by atoms with E-state index in [0.717, 1.165) is 25.3 Å². The van der Waals surface area contributed by atoms with E-state index in [-0.39, 0.29) is 5.91 Å². The Labute approximate surface area is 93.9 Å². The van der Waals surface area contributed by atoms with E-state index in [1.807, 2.05) is 11.0 Å². The maximum absolute atomic E-state index is 10.8. The number of primary amides is 1. The predicted octanol–water partition coefficient (Wildman–Crippen LogP) is -0.552. The minimum absolute atomic E-state index is 0.275. The molecule has 0 aliphatic carbocycles. The van der Waals surface area contributed by atoms with Gasteiger partial charge in [0.1, 0.15) is 12.1 Å². The van der Waals surface area contributed by atoms with Crippen LogP contribution in [-0.4, -0.2) is 46.5 Å². The zero-order valence-corrected chi connectivity index (χ0v) is 8.97. The molecule has 1 atom stereocenters. The molecule has 6 nitrogen and oxygen atoms in total. The summed E-state index contributed by atoms with van der Waals surface area (Å²) in [5.41, 5.74) is 5.15. The van der Waals surface area contributed by atoms with Crippen LogP contribution in [-0.2, 0) is 4.79 Å². The molecular weight excluding hydrogens is 206 g/mol. The molecule has 1 aliphatic rings. The number of nitrogens with zero attached hydrogens (tertiary/aromatic N) is 3. The van der Waals surface area contributed by atoms with Gasteiger partial charge in [-0.3, -0.25) is 9.69 Å². The molecule has 0 saturated carbocycles. The number of rotatable bonds is 4. The normalized spacial score (nSPS) is 20.9. The van der Waals surface area contributed by atoms with Crippen molar-refractivity contribution in [2.75, 3.05) is 25.0 Å². The van der Waals surface area contributed by atoms with Crippen LogP contribution in [0.4, 0.5) is 5.82 Å². The number of anilines is 1. The van der Waals surface area contributed by atoms with Gasteiger partial charge < -0.3 is 11.1 Å². The maximum Gasteiger partial charge on any atom is 0.231 e. The first-order chi connectivity index (χ1) is 7.74. The number of carbonyl (C=O) groups excluding carboxylic acids is 1. The summed E-state index contributed by atoms with van der Waals surface area (Å²) < 4.78 is 0. The average Bonchev–Trinajstić information content (AvgIpc) is 2.66. The van der Waals surface area contributed by atoms with Crippen LogP contribution in [0.25, 0.3) is 0 Å². The zero-order chi connectivity index (χ0) is 11.4. The summed E-state index contributed by atoms with van der Waals surface area (Å²) in [4.78, 5) is 20.8. The van der Waals surface area contributed by atoms with Gasteiger partial charge in [0.05, 0.1) is 6.54 Å². The summed E-state index contributed by atoms with van der Waals surface area (Å²) in [6.45, 7) is 2.06. The largest absolute Gasteiger partial charge is 0.369 e. The Morgan fingerprint density at radius 3 is 3.25 bits per heavy atom. The van der Waals surface area contributed by atoms with Gasteiger partial charge in [-0.25, -0.2) is 9.97 Å². The Balaban J connectivity index is 1.83. The highest BCUT2D eigenvalue weighted by atomic mass is 16.1. The van der Waals surface area contributed by atoms with Gasteiger partial charge in [-0.2, -0.15) is 0 Å². The Morgan fingerprint density at radius 2 is 2.56 bits per heavy atom. The third kappa shape index (κ3) is 2.90. The lowest BCUT2D eigenvalue weighted by atomic mass is 10.2. The minimum atomic E-state index is -0.275. The number of likely N-dealkylation sites (tertiary alicyclic amines) is 1. The van der Waals surface area contributed by atoms with Crippen molar-refractivity contribution < 1.29 is 4.79 Å². The van der Waals surface area contributed by atoms with Gasteiger partial charge >= 0.3 is 0 Å². The molecule has 0 radical (unpaired) electrons. The number of aromatic nitrogens is 2. The topological polar surface area (TPSA) is 84.1 Å². The van der Waals surface area contributed by atoms with Crippen molar-refractivity contribution in [3.8, 4) is 0 Å². The van der Waals surface area contributed by atoms with Gasteiger partial charge in [-0.05, 0) is 12.5 Å². The molecule has 1 unspecified atom stereocenters. The van der Waals surface area contributed by atoms with E-state index in [2.05, 4.69) is 15.3 Å². The van der Waals surface area contributed by atoms with Gasteiger partial charge in [0.15, 0.2) is 0 Å². The highest BCUT2D eigenvalue weighted by Crippen LogP contribution is 2.12. The number of nitrogens with one attached hydrogen (secondary N) is 1. The fraction of sp³-hybridized carbons (Fsp3) is 0.500. The summed E-state index contributed by atoms with van der Waals surface area (Å²) >= 11 is 0. The van der Waals surface area contributed by atoms with Crippen molar-refractivity contribution in [2.24, 2.45) is 5.73 Å². The van der Waals surface area contributed by atoms with Crippen molar-refractivity contribution >= 4 is 11.7 Å². The van der Waals surface area contributed by atoms with Gasteiger partial charge in [-0.1, -0.05) is 0 Å². The molecule has 0 aromatic carbocycles. The van der Waals surface area contributed by atoms with E-state index in [9.17, 15) is 4.79 Å². The number of nitrogens with two attached hydrogens (primary N) is 1. The van der Waals surface area contributed by atoms with Gasteiger partial charge in [0.2, 0.25) is 5.91 Å². The van der Waals surface area contributed by atoms with Gasteiger partial charge in [0.25, 0.3) is 0 Å². The molecule has 1 aromatic rings. The molecular formula is C10H15N5O. The quantitative estimate of drug-likeness (QED) is 0.712. The first kappa shape index (κ1) is 10.8. The number of hydrogen-bond donors (Lipinski definition) is 2. The fourth-order valence-corrected chi connectivity index (χ4v) is 1.90. The standard InChI is InChI=1S/C10H15N5O/c11-9(16)6-15-4-2-8(5-15)14-10-1-3-12-7-13-10/h1,3,7-8H,2,4-6H2,(H2,11,16)(H,12,13,14). The van der Waals surface area contributed by atoms with Crippen LogP contribution in [0.3, 0.4) is 0 Å². The summed E-state index contributed by atoms with van der Waals surface area (Å²) in [5.74, 6) is 0.545. The molecule has 16 heavy (non-hydrogen) atoms. The maximum atomic E-state index is 10.8. The number of carbonyl (C=O) groups is 1. The second-order valence-electron chi connectivity index (χ2n) is 3.93. The van der Waals surface area contributed by atoms with Crippen LogP contribution in [0.15, 0.2) is 18.6 Å². The van der Waals surface area contributed by atoms with Gasteiger partial charge in [-0.15, -0.1) is 0 Å². The van der Waals surface area contributed by atoms with Crippen LogP contribution in [0.1, 0.15) is 6.42 Å². The van der Waals surface area contributed by atoms with Crippen molar-refractivity contribution in [3.63, 3.8) is 0 Å². The van der Waals surface area contributed by atoms with Crippen LogP contribution < -0.4 is 11.1 Å². The fourth-order valence-electron chi connectivity index (χ4n) is 1.90. The third-order valence-electron chi connectivity index (χ3n) is 2.59. The van der Waals surface area contributed by atoms with E-state index >= 15 is 0 Å². The highest BCUT2D eigenvalue weighted by molar-refractivity contribution is 5.75. The van der Waals surface area contributed by atoms with Crippen LogP contribution in [0, 0.1) is 0 Å². The number of amides is 1. The Morgan fingerprint density at radius 1 is 1.69 bits per heavy atom. The Kier molecular flexibility index (Phi) is 3.31. The van der Waals surface area contributed by atoms with E-state index in [0.29, 0.717) is 12.6 Å². The third-order valence-corrected chi connectivity index (χ3v) is 2.59. The first-order valence-electron chi connectivity index (χ1n) is 5.27. The summed E-state index contributed by atoms with van der Waals surface area (Å²) in [7, 11) is 0. The molecule has 3 N–H and O–H groups in total. The van der Waals surface area contributed by atoms with Crippen LogP contribution >= 0.6 is 0 Å². The second kappa shape index (κ2) is 4.89. The van der Waals surface area contributed by atoms with Gasteiger partial charge in [0, 0.05) is 25.3 Å². The first-order valence-corrected chi connectivity index (χ1v) is 5.27. The molecule has 1 saturated heterocycles. The lowest BCUT2D eigenvalue weighted by Crippen LogP contribution is -2.33. The van der Waals surface area contributed by atoms with E-state index in [1.165, 1.54) is 6.33 Å². The molecule has 1 amide bonds. The molecule has 0 spiro atoms. The Bertz CT molecular complexity index is 355. The van der Waals surface area contributed by atoms with E-state index in [4.69, 9.17) is 5.73 Å². The van der Waals surface area contributed by atoms with Crippen molar-refractivity contribution in [3.05, 3.63) is 18.6 Å². The molecule has 1 aliphatic heterocycles. The number of hydrogen-bond acceptors (Lipinski definition) is 5. The van der Waals surface area contributed by atoms with Crippen molar-refractivity contribution in [1.29, 1.82) is 0 Å². The van der Waals surface area contributed by atoms with E-state index < -0.39 is 0 Å². The molecule has 2 heterocycles. The van der Waals surface area contributed by atoms with Crippen molar-refractivity contribution in [1.82, 2.24) is 14.9 Å². The van der Waals surface area contributed by atoms with E-state index in [1.54, 1.807) is 6.20 Å². The molecule has 0 bridgehead atoms. The second-order valence-corrected chi connectivity index (χ2v) is 3.93. The average molecular weight is 221 g/mol. The SMILES string of the molecule is NC(=O)CN1CCC(Nc2ccncn2)C1. The summed E-state index contributed by atoms with van der Waals surface area (Å²) in [6, 6.07) is 2.16. The molecule has 6 heteroatoms. The minimum Gasteiger partial charge on any atom is -0.369 e. The molecule has 86 valence electrons. The lowest BCUT2D eigenvalue weighted by molar-refractivity contribution is -0.118. The zero-order valence-electron chi connectivity index (χ0n) is 8.97. The monoisotopic (exact) mass is 221 g/mol. The molecule has 1 fully saturated rings. The smallest absolute Gasteiger partial charge is 0.231 e.